The number of carbonyl (C=O) groups is 2. The number of anilines is 3. The first-order valence-electron chi connectivity index (χ1n) is 9.40. The van der Waals surface area contributed by atoms with Crippen LogP contribution in [-0.4, -0.2) is 32.5 Å². The van der Waals surface area contributed by atoms with Crippen molar-refractivity contribution in [1.82, 2.24) is 0 Å². The highest BCUT2D eigenvalue weighted by Gasteiger charge is 2.28. The van der Waals surface area contributed by atoms with Gasteiger partial charge in [0.1, 0.15) is 0 Å². The summed E-state index contributed by atoms with van der Waals surface area (Å²) in [5, 5.41) is 5.61. The number of hydrogen-bond donors (Lipinski definition) is 2. The lowest BCUT2D eigenvalue weighted by atomic mass is 9.95. The summed E-state index contributed by atoms with van der Waals surface area (Å²) in [6.07, 6.45) is 0.580. The number of sulfonamides is 1. The van der Waals surface area contributed by atoms with E-state index in [2.05, 4.69) is 10.6 Å². The molecule has 154 valence electrons. The molecule has 0 unspecified atom stereocenters. The number of nitrogens with one attached hydrogen (secondary N) is 2. The van der Waals surface area contributed by atoms with Crippen LogP contribution in [0.4, 0.5) is 17.1 Å². The molecule has 0 bridgehead atoms. The summed E-state index contributed by atoms with van der Waals surface area (Å²) in [7, 11) is -3.30. The maximum absolute atomic E-state index is 12.6. The zero-order valence-electron chi connectivity index (χ0n) is 16.7. The number of carbonyl (C=O) groups excluding carboxylic acids is 2. The average molecular weight is 416 g/mol. The standard InChI is InChI=1S/C21H25N3O4S/c1-21(2,3)20(26)23-17-10-8-16(9-11-17)22-19(25)15-6-4-7-18(14-15)24-12-5-13-29(24,27)28/h4,6-11,14H,5,12-13H2,1-3H3,(H,22,25)(H,23,26). The van der Waals surface area contributed by atoms with Gasteiger partial charge < -0.3 is 10.6 Å². The highest BCUT2D eigenvalue weighted by atomic mass is 32.2. The molecule has 2 aromatic carbocycles. The Kier molecular flexibility index (Phi) is 5.66. The largest absolute Gasteiger partial charge is 0.326 e. The first-order valence-corrected chi connectivity index (χ1v) is 11.0. The van der Waals surface area contributed by atoms with E-state index >= 15 is 0 Å². The van der Waals surface area contributed by atoms with Crippen LogP contribution in [0.2, 0.25) is 0 Å². The topological polar surface area (TPSA) is 95.6 Å². The van der Waals surface area contributed by atoms with Crippen molar-refractivity contribution in [2.75, 3.05) is 27.2 Å². The molecule has 0 atom stereocenters. The molecule has 0 aliphatic carbocycles. The van der Waals surface area contributed by atoms with Crippen LogP contribution in [0.3, 0.4) is 0 Å². The summed E-state index contributed by atoms with van der Waals surface area (Å²) < 4.78 is 25.5. The molecule has 3 rings (SSSR count). The third-order valence-electron chi connectivity index (χ3n) is 4.58. The second-order valence-electron chi connectivity index (χ2n) is 8.03. The molecule has 7 nitrogen and oxygen atoms in total. The zero-order chi connectivity index (χ0) is 21.2. The summed E-state index contributed by atoms with van der Waals surface area (Å²) in [4.78, 5) is 24.6. The van der Waals surface area contributed by atoms with Crippen LogP contribution in [0.5, 0.6) is 0 Å². The van der Waals surface area contributed by atoms with Gasteiger partial charge in [0.05, 0.1) is 11.4 Å². The Hall–Kier alpha value is -2.87. The minimum absolute atomic E-state index is 0.0945. The SMILES string of the molecule is CC(C)(C)C(=O)Nc1ccc(NC(=O)c2cccc(N3CCCS3(=O)=O)c2)cc1. The third-order valence-corrected chi connectivity index (χ3v) is 6.45. The van der Waals surface area contributed by atoms with Crippen molar-refractivity contribution in [1.29, 1.82) is 0 Å². The Labute approximate surface area is 171 Å². The molecule has 1 aliphatic rings. The van der Waals surface area contributed by atoms with Crippen LogP contribution >= 0.6 is 0 Å². The first kappa shape index (κ1) is 20.9. The molecule has 0 radical (unpaired) electrons. The summed E-state index contributed by atoms with van der Waals surface area (Å²) >= 11 is 0. The molecule has 0 spiro atoms. The van der Waals surface area contributed by atoms with Gasteiger partial charge in [-0.1, -0.05) is 26.8 Å². The molecule has 2 amide bonds. The fourth-order valence-corrected chi connectivity index (χ4v) is 4.45. The van der Waals surface area contributed by atoms with E-state index in [-0.39, 0.29) is 17.6 Å². The van der Waals surface area contributed by atoms with E-state index in [1.54, 1.807) is 48.5 Å². The fourth-order valence-electron chi connectivity index (χ4n) is 2.89. The van der Waals surface area contributed by atoms with Crippen molar-refractivity contribution in [3.05, 3.63) is 54.1 Å². The molecule has 1 aliphatic heterocycles. The van der Waals surface area contributed by atoms with Gasteiger partial charge in [0.25, 0.3) is 5.91 Å². The molecule has 1 fully saturated rings. The van der Waals surface area contributed by atoms with Crippen LogP contribution in [0, 0.1) is 5.41 Å². The average Bonchev–Trinajstić information content (AvgIpc) is 3.01. The van der Waals surface area contributed by atoms with E-state index in [1.165, 1.54) is 4.31 Å². The molecule has 2 aromatic rings. The Bertz CT molecular complexity index is 1020. The monoisotopic (exact) mass is 415 g/mol. The van der Waals surface area contributed by atoms with Crippen molar-refractivity contribution < 1.29 is 18.0 Å². The van der Waals surface area contributed by atoms with Crippen LogP contribution in [0.15, 0.2) is 48.5 Å². The normalized spacial score (nSPS) is 15.8. The first-order chi connectivity index (χ1) is 13.6. The number of amides is 2. The number of benzene rings is 2. The van der Waals surface area contributed by atoms with Gasteiger partial charge in [0, 0.05) is 28.9 Å². The molecule has 8 heteroatoms. The zero-order valence-corrected chi connectivity index (χ0v) is 17.5. The Morgan fingerprint density at radius 2 is 1.59 bits per heavy atom. The molecule has 2 N–H and O–H groups in total. The summed E-state index contributed by atoms with van der Waals surface area (Å²) in [5.74, 6) is -0.306. The van der Waals surface area contributed by atoms with Crippen LogP contribution in [0.1, 0.15) is 37.6 Å². The predicted molar refractivity (Wildman–Crippen MR) is 115 cm³/mol. The van der Waals surface area contributed by atoms with E-state index in [9.17, 15) is 18.0 Å². The maximum atomic E-state index is 12.6. The van der Waals surface area contributed by atoms with Crippen molar-refractivity contribution >= 4 is 38.9 Å². The number of nitrogens with zero attached hydrogens (tertiary/aromatic N) is 1. The molecule has 0 aromatic heterocycles. The van der Waals surface area contributed by atoms with Gasteiger partial charge in [-0.3, -0.25) is 13.9 Å². The van der Waals surface area contributed by atoms with Gasteiger partial charge in [-0.05, 0) is 48.9 Å². The predicted octanol–water partition coefficient (Wildman–Crippen LogP) is 3.46. The maximum Gasteiger partial charge on any atom is 0.255 e. The van der Waals surface area contributed by atoms with Gasteiger partial charge in [-0.15, -0.1) is 0 Å². The number of rotatable bonds is 4. The minimum Gasteiger partial charge on any atom is -0.326 e. The van der Waals surface area contributed by atoms with E-state index in [0.29, 0.717) is 35.6 Å². The van der Waals surface area contributed by atoms with Crippen LogP contribution in [0.25, 0.3) is 0 Å². The highest BCUT2D eigenvalue weighted by Crippen LogP contribution is 2.25. The lowest BCUT2D eigenvalue weighted by Gasteiger charge is -2.18. The third kappa shape index (κ3) is 4.95. The van der Waals surface area contributed by atoms with Crippen molar-refractivity contribution in [3.8, 4) is 0 Å². The van der Waals surface area contributed by atoms with Gasteiger partial charge in [0.2, 0.25) is 15.9 Å². The summed E-state index contributed by atoms with van der Waals surface area (Å²) in [5.41, 5.74) is 1.58. The smallest absolute Gasteiger partial charge is 0.255 e. The van der Waals surface area contributed by atoms with Gasteiger partial charge >= 0.3 is 0 Å². The molecule has 1 heterocycles. The van der Waals surface area contributed by atoms with Crippen LogP contribution in [-0.2, 0) is 14.8 Å². The molecular weight excluding hydrogens is 390 g/mol. The van der Waals surface area contributed by atoms with E-state index in [0.717, 1.165) is 0 Å². The quantitative estimate of drug-likeness (QED) is 0.799. The Balaban J connectivity index is 1.69. The molecular formula is C21H25N3O4S. The van der Waals surface area contributed by atoms with Gasteiger partial charge in [-0.25, -0.2) is 8.42 Å². The summed E-state index contributed by atoms with van der Waals surface area (Å²) in [6.45, 7) is 5.92. The Morgan fingerprint density at radius 3 is 2.14 bits per heavy atom. The highest BCUT2D eigenvalue weighted by molar-refractivity contribution is 7.93. The van der Waals surface area contributed by atoms with E-state index in [1.807, 2.05) is 20.8 Å². The Morgan fingerprint density at radius 1 is 0.966 bits per heavy atom. The minimum atomic E-state index is -3.30. The van der Waals surface area contributed by atoms with Crippen molar-refractivity contribution in [2.24, 2.45) is 5.41 Å². The van der Waals surface area contributed by atoms with Crippen molar-refractivity contribution in [2.45, 2.75) is 27.2 Å². The summed E-state index contributed by atoms with van der Waals surface area (Å²) in [6, 6.07) is 13.4. The van der Waals surface area contributed by atoms with E-state index in [4.69, 9.17) is 0 Å². The van der Waals surface area contributed by atoms with Crippen molar-refractivity contribution in [3.63, 3.8) is 0 Å². The second kappa shape index (κ2) is 7.87. The second-order valence-corrected chi connectivity index (χ2v) is 10.0. The lowest BCUT2D eigenvalue weighted by Crippen LogP contribution is -2.27. The van der Waals surface area contributed by atoms with Crippen LogP contribution < -0.4 is 14.9 Å². The molecule has 0 saturated carbocycles. The number of hydrogen-bond acceptors (Lipinski definition) is 4. The molecule has 1 saturated heterocycles. The van der Waals surface area contributed by atoms with E-state index < -0.39 is 15.4 Å². The van der Waals surface area contributed by atoms with Gasteiger partial charge in [0.15, 0.2) is 0 Å². The van der Waals surface area contributed by atoms with Gasteiger partial charge in [-0.2, -0.15) is 0 Å². The molecule has 29 heavy (non-hydrogen) atoms. The lowest BCUT2D eigenvalue weighted by molar-refractivity contribution is -0.123. The fraction of sp³-hybridized carbons (Fsp3) is 0.333.